The van der Waals surface area contributed by atoms with E-state index in [0.717, 1.165) is 63.1 Å². The van der Waals surface area contributed by atoms with E-state index in [2.05, 4.69) is 14.6 Å². The van der Waals surface area contributed by atoms with Crippen LogP contribution in [0, 0.1) is 0 Å². The predicted octanol–water partition coefficient (Wildman–Crippen LogP) is 5.08. The van der Waals surface area contributed by atoms with E-state index in [0.29, 0.717) is 12.4 Å². The maximum atomic E-state index is 12.2. The second kappa shape index (κ2) is 11.0. The summed E-state index contributed by atoms with van der Waals surface area (Å²) in [5.41, 5.74) is 0.995. The number of rotatable bonds is 7. The minimum atomic E-state index is -4.69. The lowest BCUT2D eigenvalue weighted by molar-refractivity contribution is -0.274. The molecule has 0 radical (unpaired) electrons. The number of epoxide rings is 1. The van der Waals surface area contributed by atoms with E-state index in [-0.39, 0.29) is 17.5 Å². The first kappa shape index (κ1) is 26.0. The Balaban J connectivity index is 0.000000310. The number of ether oxygens (including phenoxy) is 5. The first-order valence-corrected chi connectivity index (χ1v) is 12.5. The Morgan fingerprint density at radius 1 is 0.974 bits per heavy atom. The molecule has 2 aromatic carbocycles. The van der Waals surface area contributed by atoms with Gasteiger partial charge in [-0.3, -0.25) is 4.57 Å². The molecule has 3 aliphatic heterocycles. The second-order valence-electron chi connectivity index (χ2n) is 9.60. The molecule has 0 aliphatic carbocycles. The van der Waals surface area contributed by atoms with Gasteiger partial charge in [-0.1, -0.05) is 0 Å². The first-order valence-electron chi connectivity index (χ1n) is 12.5. The van der Waals surface area contributed by atoms with E-state index in [4.69, 9.17) is 18.9 Å². The number of aromatic nitrogens is 2. The maximum absolute atomic E-state index is 12.2. The molecule has 1 atom stereocenters. The van der Waals surface area contributed by atoms with Crippen molar-refractivity contribution in [3.63, 3.8) is 0 Å². The van der Waals surface area contributed by atoms with Crippen LogP contribution in [0.25, 0.3) is 0 Å². The predicted molar refractivity (Wildman–Crippen MR) is 133 cm³/mol. The minimum absolute atomic E-state index is 0.0255. The fourth-order valence-electron chi connectivity index (χ4n) is 4.18. The van der Waals surface area contributed by atoms with Crippen molar-refractivity contribution in [3.05, 3.63) is 60.9 Å². The molecule has 0 bridgehead atoms. The van der Waals surface area contributed by atoms with Gasteiger partial charge in [0.15, 0.2) is 0 Å². The van der Waals surface area contributed by atoms with Crippen molar-refractivity contribution in [2.24, 2.45) is 0 Å². The lowest BCUT2D eigenvalue weighted by atomic mass is 10.1. The van der Waals surface area contributed by atoms with E-state index in [9.17, 15) is 13.2 Å². The van der Waals surface area contributed by atoms with Crippen molar-refractivity contribution in [3.8, 4) is 23.3 Å². The summed E-state index contributed by atoms with van der Waals surface area (Å²) in [4.78, 5) is 6.22. The SMILES string of the molecule is C[C@]1(COc2ccc(N3CCC(Oc4ccc(OC(F)(F)F)cc4)CC3)cc2)CO1.c1cn2c(n1)OCC2. The van der Waals surface area contributed by atoms with E-state index in [1.165, 1.54) is 24.3 Å². The topological polar surface area (TPSA) is 70.5 Å². The number of halogens is 3. The van der Waals surface area contributed by atoms with Crippen LogP contribution in [-0.4, -0.2) is 60.5 Å². The Kier molecular flexibility index (Phi) is 7.55. The van der Waals surface area contributed by atoms with Gasteiger partial charge in [0.2, 0.25) is 0 Å². The third-order valence-electron chi connectivity index (χ3n) is 6.43. The third-order valence-corrected chi connectivity index (χ3v) is 6.43. The summed E-state index contributed by atoms with van der Waals surface area (Å²) in [5, 5.41) is 0. The lowest BCUT2D eigenvalue weighted by Crippen LogP contribution is -2.38. The van der Waals surface area contributed by atoms with Gasteiger partial charge in [-0.25, -0.2) is 4.98 Å². The summed E-state index contributed by atoms with van der Waals surface area (Å²) in [6.07, 6.45) is 0.654. The van der Waals surface area contributed by atoms with Crippen LogP contribution in [0.2, 0.25) is 0 Å². The van der Waals surface area contributed by atoms with Crippen molar-refractivity contribution >= 4 is 5.69 Å². The third kappa shape index (κ3) is 7.25. The second-order valence-corrected chi connectivity index (χ2v) is 9.60. The Morgan fingerprint density at radius 3 is 2.26 bits per heavy atom. The molecular weight excluding hydrogens is 503 g/mol. The van der Waals surface area contributed by atoms with Crippen molar-refractivity contribution in [1.29, 1.82) is 0 Å². The van der Waals surface area contributed by atoms with Gasteiger partial charge < -0.3 is 28.6 Å². The molecule has 6 rings (SSSR count). The molecule has 38 heavy (non-hydrogen) atoms. The summed E-state index contributed by atoms with van der Waals surface area (Å²) < 4.78 is 64.6. The number of hydrogen-bond donors (Lipinski definition) is 0. The number of alkyl halides is 3. The highest BCUT2D eigenvalue weighted by molar-refractivity contribution is 5.49. The Labute approximate surface area is 218 Å². The molecule has 1 aromatic heterocycles. The zero-order valence-electron chi connectivity index (χ0n) is 21.0. The van der Waals surface area contributed by atoms with Crippen molar-refractivity contribution in [2.45, 2.75) is 44.4 Å². The van der Waals surface area contributed by atoms with Crippen LogP contribution in [0.5, 0.6) is 23.3 Å². The molecule has 8 nitrogen and oxygen atoms in total. The van der Waals surface area contributed by atoms with E-state index in [1.54, 1.807) is 6.20 Å². The number of anilines is 1. The van der Waals surface area contributed by atoms with Crippen LogP contribution in [0.3, 0.4) is 0 Å². The average Bonchev–Trinajstić information content (AvgIpc) is 3.25. The molecule has 0 N–H and O–H groups in total. The van der Waals surface area contributed by atoms with Gasteiger partial charge in [-0.2, -0.15) is 0 Å². The molecule has 0 spiro atoms. The number of hydrogen-bond acceptors (Lipinski definition) is 7. The molecule has 204 valence electrons. The van der Waals surface area contributed by atoms with Crippen molar-refractivity contribution in [2.75, 3.05) is 37.8 Å². The van der Waals surface area contributed by atoms with Crippen molar-refractivity contribution < 1.29 is 36.9 Å². The highest BCUT2D eigenvalue weighted by Gasteiger charge is 2.40. The van der Waals surface area contributed by atoms with Gasteiger partial charge in [0.25, 0.3) is 6.01 Å². The highest BCUT2D eigenvalue weighted by atomic mass is 19.4. The zero-order chi connectivity index (χ0) is 26.6. The monoisotopic (exact) mass is 533 g/mol. The molecule has 2 saturated heterocycles. The van der Waals surface area contributed by atoms with Crippen molar-refractivity contribution in [1.82, 2.24) is 9.55 Å². The van der Waals surface area contributed by atoms with Crippen LogP contribution < -0.4 is 23.8 Å². The molecule has 0 amide bonds. The molecular formula is C27H30F3N3O5. The van der Waals surface area contributed by atoms with Crippen LogP contribution in [0.4, 0.5) is 18.9 Å². The molecule has 4 heterocycles. The van der Waals surface area contributed by atoms with Crippen LogP contribution in [-0.2, 0) is 11.3 Å². The number of nitrogens with zero attached hydrogens (tertiary/aromatic N) is 3. The smallest absolute Gasteiger partial charge is 0.491 e. The first-order chi connectivity index (χ1) is 18.2. The summed E-state index contributed by atoms with van der Waals surface area (Å²) in [6.45, 7) is 6.74. The molecule has 3 aliphatic rings. The van der Waals surface area contributed by atoms with Gasteiger partial charge in [0, 0.05) is 44.0 Å². The quantitative estimate of drug-likeness (QED) is 0.393. The lowest BCUT2D eigenvalue weighted by Gasteiger charge is -2.33. The zero-order valence-corrected chi connectivity index (χ0v) is 21.0. The van der Waals surface area contributed by atoms with Gasteiger partial charge >= 0.3 is 6.36 Å². The van der Waals surface area contributed by atoms with Crippen LogP contribution in [0.1, 0.15) is 19.8 Å². The summed E-state index contributed by atoms with van der Waals surface area (Å²) in [5.74, 6) is 1.11. The van der Waals surface area contributed by atoms with Gasteiger partial charge in [-0.15, -0.1) is 13.2 Å². The van der Waals surface area contributed by atoms with Gasteiger partial charge in [0.1, 0.15) is 42.2 Å². The fraction of sp³-hybridized carbons (Fsp3) is 0.444. The fourth-order valence-corrected chi connectivity index (χ4v) is 4.18. The van der Waals surface area contributed by atoms with E-state index >= 15 is 0 Å². The molecule has 0 saturated carbocycles. The largest absolute Gasteiger partial charge is 0.573 e. The van der Waals surface area contributed by atoms with Crippen LogP contribution in [0.15, 0.2) is 60.9 Å². The number of piperidine rings is 1. The molecule has 0 unspecified atom stereocenters. The number of imidazole rings is 1. The normalized spacial score (nSPS) is 20.6. The number of benzene rings is 2. The Morgan fingerprint density at radius 2 is 1.63 bits per heavy atom. The number of fused-ring (bicyclic) bond motifs is 1. The Bertz CT molecular complexity index is 1150. The molecule has 2 fully saturated rings. The van der Waals surface area contributed by atoms with Gasteiger partial charge in [-0.05, 0) is 55.5 Å². The highest BCUT2D eigenvalue weighted by Crippen LogP contribution is 2.29. The Hall–Kier alpha value is -3.60. The minimum Gasteiger partial charge on any atom is -0.491 e. The molecule has 3 aromatic rings. The summed E-state index contributed by atoms with van der Waals surface area (Å²) in [7, 11) is 0. The summed E-state index contributed by atoms with van der Waals surface area (Å²) >= 11 is 0. The maximum Gasteiger partial charge on any atom is 0.573 e. The van der Waals surface area contributed by atoms with Crippen LogP contribution >= 0.6 is 0 Å². The van der Waals surface area contributed by atoms with E-state index < -0.39 is 6.36 Å². The van der Waals surface area contributed by atoms with E-state index in [1.807, 2.05) is 42.0 Å². The van der Waals surface area contributed by atoms with Gasteiger partial charge in [0.05, 0.1) is 13.2 Å². The summed E-state index contributed by atoms with van der Waals surface area (Å²) in [6, 6.07) is 14.3. The molecule has 11 heteroatoms. The standard InChI is InChI=1S/C22H24F3NO4.C5H6N2O/c1-21(15-28-21)14-27-17-4-2-16(3-5-17)26-12-10-19(11-13-26)29-18-6-8-20(9-7-18)30-22(23,24)25;1-2-7-3-4-8-5(7)6-1/h2-9,19H,10-15H2,1H3;1-2H,3-4H2/t21-;/m0./s1. The average molecular weight is 534 g/mol.